The Labute approximate surface area is 215 Å². The minimum atomic E-state index is -1.57. The Morgan fingerprint density at radius 2 is 1.83 bits per heavy atom. The molecule has 196 valence electrons. The van der Waals surface area contributed by atoms with Gasteiger partial charge in [0.2, 0.25) is 0 Å². The van der Waals surface area contributed by atoms with Crippen molar-refractivity contribution in [3.05, 3.63) is 30.1 Å². The van der Waals surface area contributed by atoms with Crippen LogP contribution in [0, 0.1) is 23.2 Å². The number of rotatable bonds is 11. The van der Waals surface area contributed by atoms with Gasteiger partial charge in [-0.1, -0.05) is 66.0 Å². The van der Waals surface area contributed by atoms with Crippen molar-refractivity contribution in [1.82, 2.24) is 9.55 Å². The molecule has 1 aromatic carbocycles. The van der Waals surface area contributed by atoms with Gasteiger partial charge >= 0.3 is 0 Å². The molecule has 0 saturated heterocycles. The summed E-state index contributed by atoms with van der Waals surface area (Å²) in [5.74, 6) is 3.02. The van der Waals surface area contributed by atoms with E-state index in [2.05, 4.69) is 45.3 Å². The Hall–Kier alpha value is -1.17. The van der Waals surface area contributed by atoms with E-state index in [1.807, 2.05) is 25.2 Å². The van der Waals surface area contributed by atoms with Crippen LogP contribution in [0.1, 0.15) is 97.9 Å². The van der Waals surface area contributed by atoms with Gasteiger partial charge in [-0.3, -0.25) is 0 Å². The third kappa shape index (κ3) is 5.15. The molecule has 4 nitrogen and oxygen atoms in total. The molecular weight excluding hydrogens is 448 g/mol. The molecule has 1 N–H and O–H groups in total. The summed E-state index contributed by atoms with van der Waals surface area (Å²) in [5, 5.41) is 10.9. The molecule has 35 heavy (non-hydrogen) atoms. The average Bonchev–Trinajstić information content (AvgIpc) is 3.40. The van der Waals surface area contributed by atoms with Crippen LogP contribution in [0.25, 0.3) is 11.0 Å². The van der Waals surface area contributed by atoms with Crippen molar-refractivity contribution in [3.63, 3.8) is 0 Å². The Balaban J connectivity index is 1.36. The number of hydrogen-bond acceptors (Lipinski definition) is 3. The third-order valence-electron chi connectivity index (χ3n) is 10.4. The number of imidazole rings is 1. The van der Waals surface area contributed by atoms with Gasteiger partial charge in [0.25, 0.3) is 0 Å². The van der Waals surface area contributed by atoms with Gasteiger partial charge in [0.1, 0.15) is 11.9 Å². The maximum atomic E-state index is 10.9. The van der Waals surface area contributed by atoms with E-state index in [9.17, 15) is 5.11 Å². The summed E-state index contributed by atoms with van der Waals surface area (Å²) in [5.41, 5.74) is 2.49. The van der Waals surface area contributed by atoms with E-state index < -0.39 is 14.4 Å². The Bertz CT molecular complexity index is 962. The first-order valence-corrected chi connectivity index (χ1v) is 17.1. The maximum Gasteiger partial charge on any atom is 0.192 e. The fourth-order valence-corrected chi connectivity index (χ4v) is 10.9. The first kappa shape index (κ1) is 26.9. The highest BCUT2D eigenvalue weighted by atomic mass is 28.4. The van der Waals surface area contributed by atoms with Crippen LogP contribution in [0.2, 0.25) is 18.1 Å². The fraction of sp³-hybridized carbons (Fsp3) is 0.767. The smallest absolute Gasteiger partial charge is 0.192 e. The van der Waals surface area contributed by atoms with Crippen molar-refractivity contribution >= 4 is 19.4 Å². The van der Waals surface area contributed by atoms with Gasteiger partial charge < -0.3 is 14.1 Å². The summed E-state index contributed by atoms with van der Waals surface area (Å²) < 4.78 is 9.18. The summed E-state index contributed by atoms with van der Waals surface area (Å²) in [6.45, 7) is 12.2. The number of aliphatic hydroxyl groups is 1. The lowest BCUT2D eigenvalue weighted by molar-refractivity contribution is -0.0206. The normalized spacial score (nSPS) is 28.8. The van der Waals surface area contributed by atoms with Crippen LogP contribution in [0.5, 0.6) is 0 Å². The van der Waals surface area contributed by atoms with Crippen molar-refractivity contribution in [2.75, 3.05) is 0 Å². The van der Waals surface area contributed by atoms with Gasteiger partial charge in [-0.15, -0.1) is 0 Å². The summed E-state index contributed by atoms with van der Waals surface area (Å²) >= 11 is 0. The number of para-hydroxylation sites is 2. The van der Waals surface area contributed by atoms with Crippen LogP contribution >= 0.6 is 0 Å². The molecule has 0 bridgehead atoms. The molecule has 2 aliphatic carbocycles. The molecule has 0 spiro atoms. The highest BCUT2D eigenvalue weighted by Gasteiger charge is 2.53. The van der Waals surface area contributed by atoms with Gasteiger partial charge in [-0.05, 0) is 85.5 Å². The summed E-state index contributed by atoms with van der Waals surface area (Å²) in [7, 11) is 0.453. The van der Waals surface area contributed by atoms with Crippen LogP contribution in [0.15, 0.2) is 24.3 Å². The Morgan fingerprint density at radius 1 is 1.11 bits per heavy atom. The van der Waals surface area contributed by atoms with Crippen molar-refractivity contribution < 1.29 is 9.53 Å². The van der Waals surface area contributed by atoms with E-state index >= 15 is 0 Å². The van der Waals surface area contributed by atoms with Crippen molar-refractivity contribution in [2.24, 2.45) is 30.2 Å². The summed E-state index contributed by atoms with van der Waals surface area (Å²) in [6.07, 6.45) is 9.72. The molecule has 2 fully saturated rings. The minimum absolute atomic E-state index is 0.424. The van der Waals surface area contributed by atoms with Gasteiger partial charge in [0.05, 0.1) is 11.0 Å². The van der Waals surface area contributed by atoms with Crippen molar-refractivity contribution in [3.8, 4) is 0 Å². The lowest BCUT2D eigenvalue weighted by atomic mass is 9.61. The van der Waals surface area contributed by atoms with Gasteiger partial charge in [-0.2, -0.15) is 0 Å². The lowest BCUT2D eigenvalue weighted by Gasteiger charge is -2.49. The zero-order valence-electron chi connectivity index (χ0n) is 23.2. The minimum Gasteiger partial charge on any atom is -0.414 e. The van der Waals surface area contributed by atoms with Gasteiger partial charge in [0, 0.05) is 13.2 Å². The quantitative estimate of drug-likeness (QED) is 0.319. The predicted octanol–water partition coefficient (Wildman–Crippen LogP) is 8.02. The van der Waals surface area contributed by atoms with E-state index in [0.29, 0.717) is 17.4 Å². The van der Waals surface area contributed by atoms with Crippen LogP contribution in [0.3, 0.4) is 0 Å². The first-order chi connectivity index (χ1) is 16.8. The van der Waals surface area contributed by atoms with Crippen molar-refractivity contribution in [2.45, 2.75) is 116 Å². The SMILES string of the molecule is CC[Si](CC)(CC)OC1CCC[C@]2(C)[C@@H]([C@H](C)CCCC(O)c3nc4ccccc4n3C)CC[C@@H]12. The standard InChI is InChI=1S/C30H50N2O2Si/c1-7-35(8-2,9-3)34-28-18-13-21-30(5)23(19-20-24(28)30)22(4)14-12-17-27(33)29-31-25-15-10-11-16-26(25)32(29)6/h10-11,15-16,22-24,27-28,33H,7-9,12-14,17-21H2,1-6H3/t22-,23-,24+,27?,28?,30-/m1/s1. The molecule has 2 saturated carbocycles. The molecule has 5 heteroatoms. The second-order valence-electron chi connectivity index (χ2n) is 12.0. The van der Waals surface area contributed by atoms with E-state index in [-0.39, 0.29) is 0 Å². The van der Waals surface area contributed by atoms with Crippen LogP contribution in [-0.4, -0.2) is 29.1 Å². The number of fused-ring (bicyclic) bond motifs is 2. The number of aliphatic hydroxyl groups excluding tert-OH is 1. The molecular formula is C30H50N2O2Si. The largest absolute Gasteiger partial charge is 0.414 e. The zero-order valence-corrected chi connectivity index (χ0v) is 24.2. The first-order valence-electron chi connectivity index (χ1n) is 14.6. The molecule has 2 aromatic rings. The van der Waals surface area contributed by atoms with Crippen molar-refractivity contribution in [1.29, 1.82) is 0 Å². The van der Waals surface area contributed by atoms with Gasteiger partial charge in [-0.25, -0.2) is 4.98 Å². The Kier molecular flexibility index (Phi) is 8.49. The van der Waals surface area contributed by atoms with E-state index in [0.717, 1.165) is 41.5 Å². The molecule has 1 heterocycles. The Morgan fingerprint density at radius 3 is 2.51 bits per heavy atom. The monoisotopic (exact) mass is 498 g/mol. The number of aromatic nitrogens is 2. The zero-order chi connectivity index (χ0) is 25.2. The highest BCUT2D eigenvalue weighted by Crippen LogP contribution is 2.59. The van der Waals surface area contributed by atoms with E-state index in [1.165, 1.54) is 56.7 Å². The molecule has 0 aliphatic heterocycles. The van der Waals surface area contributed by atoms with Crippen LogP contribution in [0.4, 0.5) is 0 Å². The number of benzene rings is 1. The molecule has 0 amide bonds. The fourth-order valence-electron chi connectivity index (χ4n) is 7.98. The molecule has 6 atom stereocenters. The lowest BCUT2D eigenvalue weighted by Crippen LogP contribution is -2.48. The molecule has 4 rings (SSSR count). The predicted molar refractivity (Wildman–Crippen MR) is 149 cm³/mol. The molecule has 2 unspecified atom stereocenters. The molecule has 1 aromatic heterocycles. The van der Waals surface area contributed by atoms with Crippen LogP contribution in [-0.2, 0) is 11.5 Å². The maximum absolute atomic E-state index is 10.9. The second-order valence-corrected chi connectivity index (χ2v) is 16.8. The summed E-state index contributed by atoms with van der Waals surface area (Å²) in [4.78, 5) is 4.71. The van der Waals surface area contributed by atoms with Gasteiger partial charge in [0.15, 0.2) is 8.32 Å². The third-order valence-corrected chi connectivity index (χ3v) is 15.1. The molecule has 0 radical (unpaired) electrons. The summed E-state index contributed by atoms with van der Waals surface area (Å²) in [6, 6.07) is 11.9. The number of hydrogen-bond donors (Lipinski definition) is 1. The number of aryl methyl sites for hydroxylation is 1. The van der Waals surface area contributed by atoms with E-state index in [1.54, 1.807) is 0 Å². The highest BCUT2D eigenvalue weighted by molar-refractivity contribution is 6.73. The topological polar surface area (TPSA) is 47.3 Å². The van der Waals surface area contributed by atoms with E-state index in [4.69, 9.17) is 9.41 Å². The second kappa shape index (κ2) is 11.1. The van der Waals surface area contributed by atoms with Crippen LogP contribution < -0.4 is 0 Å². The number of nitrogens with zero attached hydrogens (tertiary/aromatic N) is 2. The molecule has 2 aliphatic rings. The average molecular weight is 499 g/mol.